The largest absolute Gasteiger partial charge is 0.427 e. The summed E-state index contributed by atoms with van der Waals surface area (Å²) < 4.78 is 85.4. The highest BCUT2D eigenvalue weighted by Crippen LogP contribution is 2.55. The summed E-state index contributed by atoms with van der Waals surface area (Å²) in [5.74, 6) is -2.53. The normalized spacial score (nSPS) is 15.6. The number of anilines is 1. The number of hydrogen-bond donors (Lipinski definition) is 2. The van der Waals surface area contributed by atoms with Crippen molar-refractivity contribution in [1.82, 2.24) is 9.55 Å². The lowest BCUT2D eigenvalue weighted by molar-refractivity contribution is -0.384. The topological polar surface area (TPSA) is 122 Å². The number of hydrogen-bond acceptors (Lipinski definition) is 6. The molecule has 2 aromatic rings. The Kier molecular flexibility index (Phi) is 5.63. The van der Waals surface area contributed by atoms with Crippen molar-refractivity contribution in [3.8, 4) is 0 Å². The van der Waals surface area contributed by atoms with E-state index < -0.39 is 68.4 Å². The lowest BCUT2D eigenvalue weighted by Gasteiger charge is -2.38. The van der Waals surface area contributed by atoms with Crippen molar-refractivity contribution in [2.24, 2.45) is 10.9 Å². The van der Waals surface area contributed by atoms with Crippen LogP contribution in [0.5, 0.6) is 0 Å². The van der Waals surface area contributed by atoms with Gasteiger partial charge in [0.2, 0.25) is 0 Å². The van der Waals surface area contributed by atoms with Crippen molar-refractivity contribution >= 4 is 17.3 Å². The molecule has 0 unspecified atom stereocenters. The Labute approximate surface area is 179 Å². The molecule has 0 fully saturated rings. The quantitative estimate of drug-likeness (QED) is 0.396. The first kappa shape index (κ1) is 24.0. The number of rotatable bonds is 4. The molecule has 0 amide bonds. The summed E-state index contributed by atoms with van der Waals surface area (Å²) >= 11 is 0. The van der Waals surface area contributed by atoms with Crippen LogP contribution in [-0.4, -0.2) is 32.7 Å². The van der Waals surface area contributed by atoms with Crippen LogP contribution >= 0.6 is 0 Å². The second kappa shape index (κ2) is 7.74. The van der Waals surface area contributed by atoms with E-state index in [1.54, 1.807) is 13.8 Å². The predicted molar refractivity (Wildman–Crippen MR) is 103 cm³/mol. The Morgan fingerprint density at radius 3 is 2.27 bits per heavy atom. The molecule has 0 aliphatic carbocycles. The number of fused-ring (bicyclic) bond motifs is 1. The lowest BCUT2D eigenvalue weighted by atomic mass is 9.87. The van der Waals surface area contributed by atoms with E-state index in [9.17, 15) is 46.0 Å². The molecule has 1 aromatic carbocycles. The third-order valence-corrected chi connectivity index (χ3v) is 4.78. The van der Waals surface area contributed by atoms with E-state index in [0.717, 1.165) is 18.2 Å². The van der Waals surface area contributed by atoms with Crippen LogP contribution in [0.25, 0.3) is 0 Å². The summed E-state index contributed by atoms with van der Waals surface area (Å²) in [5, 5.41) is 13.2. The van der Waals surface area contributed by atoms with Crippen molar-refractivity contribution in [2.75, 3.05) is 5.32 Å². The van der Waals surface area contributed by atoms with Crippen molar-refractivity contribution < 1.29 is 31.3 Å². The molecule has 2 N–H and O–H groups in total. The fraction of sp³-hybridized carbons (Fsp3) is 0.389. The number of H-pyrrole nitrogens is 1. The number of aromatic nitrogens is 2. The maximum absolute atomic E-state index is 14.1. The molecule has 9 nitrogen and oxygen atoms in total. The molecule has 3 rings (SSSR count). The highest BCUT2D eigenvalue weighted by atomic mass is 19.4. The second-order valence-corrected chi connectivity index (χ2v) is 7.59. The first-order valence-electron chi connectivity index (χ1n) is 9.23. The number of aromatic amines is 1. The summed E-state index contributed by atoms with van der Waals surface area (Å²) in [6, 6.07) is 3.72. The maximum atomic E-state index is 14.1. The van der Waals surface area contributed by atoms with Gasteiger partial charge in [0.25, 0.3) is 16.8 Å². The molecule has 1 aliphatic rings. The Hall–Kier alpha value is -3.65. The minimum Gasteiger partial charge on any atom is -0.326 e. The molecule has 1 aromatic heterocycles. The molecular formula is C18H15F6N5O4. The van der Waals surface area contributed by atoms with Crippen LogP contribution in [0.1, 0.15) is 25.0 Å². The third kappa shape index (κ3) is 3.87. The molecule has 2 heterocycles. The van der Waals surface area contributed by atoms with Gasteiger partial charge in [0.15, 0.2) is 0 Å². The van der Waals surface area contributed by atoms with Gasteiger partial charge in [-0.1, -0.05) is 26.0 Å². The van der Waals surface area contributed by atoms with E-state index >= 15 is 0 Å². The van der Waals surface area contributed by atoms with Crippen LogP contribution in [0.2, 0.25) is 0 Å². The van der Waals surface area contributed by atoms with Crippen LogP contribution in [0, 0.1) is 16.0 Å². The zero-order chi connectivity index (χ0) is 24.9. The fourth-order valence-corrected chi connectivity index (χ4v) is 3.41. The second-order valence-electron chi connectivity index (χ2n) is 7.59. The van der Waals surface area contributed by atoms with Gasteiger partial charge in [-0.2, -0.15) is 26.3 Å². The number of benzene rings is 1. The highest BCUT2D eigenvalue weighted by molar-refractivity contribution is 6.10. The molecule has 0 atom stereocenters. The zero-order valence-electron chi connectivity index (χ0n) is 16.8. The van der Waals surface area contributed by atoms with E-state index in [2.05, 4.69) is 10.3 Å². The van der Waals surface area contributed by atoms with Gasteiger partial charge in [0.05, 0.1) is 4.92 Å². The van der Waals surface area contributed by atoms with E-state index in [1.165, 1.54) is 4.98 Å². The Balaban J connectivity index is 2.49. The van der Waals surface area contributed by atoms with E-state index in [-0.39, 0.29) is 6.54 Å². The summed E-state index contributed by atoms with van der Waals surface area (Å²) in [6.45, 7) is 2.74. The zero-order valence-corrected chi connectivity index (χ0v) is 16.8. The fourth-order valence-electron chi connectivity index (χ4n) is 3.41. The summed E-state index contributed by atoms with van der Waals surface area (Å²) in [5.41, 5.74) is -11.2. The van der Waals surface area contributed by atoms with Crippen LogP contribution < -0.4 is 16.6 Å². The molecule has 1 aliphatic heterocycles. The molecule has 33 heavy (non-hydrogen) atoms. The molecule has 0 spiro atoms. The Bertz CT molecular complexity index is 1240. The van der Waals surface area contributed by atoms with Gasteiger partial charge in [0, 0.05) is 24.2 Å². The van der Waals surface area contributed by atoms with Crippen molar-refractivity contribution in [1.29, 1.82) is 0 Å². The monoisotopic (exact) mass is 479 g/mol. The van der Waals surface area contributed by atoms with Gasteiger partial charge in [-0.25, -0.2) is 9.79 Å². The van der Waals surface area contributed by atoms with Gasteiger partial charge < -0.3 is 5.32 Å². The van der Waals surface area contributed by atoms with Gasteiger partial charge in [-0.15, -0.1) is 0 Å². The molecule has 15 heteroatoms. The molecule has 0 bridgehead atoms. The predicted octanol–water partition coefficient (Wildman–Crippen LogP) is 3.29. The number of nitrogens with zero attached hydrogens (tertiary/aromatic N) is 3. The van der Waals surface area contributed by atoms with Crippen molar-refractivity contribution in [3.05, 3.63) is 66.3 Å². The summed E-state index contributed by atoms with van der Waals surface area (Å²) in [6.07, 6.45) is -12.3. The molecule has 0 saturated carbocycles. The Morgan fingerprint density at radius 1 is 1.15 bits per heavy atom. The SMILES string of the molecule is CC(C)Cn1c2c(c(=O)[nH]c1=O)C(C(F)(F)F)(C(F)(F)F)N=C(c1cccc([N+](=O)[O-])c1)N2. The van der Waals surface area contributed by atoms with Gasteiger partial charge in [0.1, 0.15) is 17.2 Å². The number of amidine groups is 1. The minimum absolute atomic E-state index is 0.348. The third-order valence-electron chi connectivity index (χ3n) is 4.78. The number of aliphatic imine (C=N–C) groups is 1. The highest BCUT2D eigenvalue weighted by Gasteiger charge is 2.75. The van der Waals surface area contributed by atoms with Crippen molar-refractivity contribution in [2.45, 2.75) is 38.3 Å². The molecule has 0 saturated heterocycles. The van der Waals surface area contributed by atoms with Gasteiger partial charge >= 0.3 is 18.0 Å². The number of halogens is 6. The van der Waals surface area contributed by atoms with Crippen LogP contribution in [-0.2, 0) is 12.1 Å². The standard InChI is InChI=1S/C18H15F6N5O4/c1-8(2)7-28-13-11(14(30)26-15(28)31)16(17(19,20)21,18(22,23)24)27-12(25-13)9-4-3-5-10(6-9)29(32)33/h3-6,8H,7H2,1-2H3,(H,25,27)(H,26,30,31). The van der Waals surface area contributed by atoms with Crippen LogP contribution in [0.3, 0.4) is 0 Å². The van der Waals surface area contributed by atoms with Crippen molar-refractivity contribution in [3.63, 3.8) is 0 Å². The Morgan fingerprint density at radius 2 is 1.76 bits per heavy atom. The molecule has 178 valence electrons. The first-order valence-corrected chi connectivity index (χ1v) is 9.23. The van der Waals surface area contributed by atoms with E-state index in [1.807, 2.05) is 0 Å². The number of nitrogens with one attached hydrogen (secondary N) is 2. The van der Waals surface area contributed by atoms with Crippen LogP contribution in [0.15, 0.2) is 38.8 Å². The molecule has 0 radical (unpaired) electrons. The van der Waals surface area contributed by atoms with Crippen LogP contribution in [0.4, 0.5) is 37.8 Å². The van der Waals surface area contributed by atoms with E-state index in [0.29, 0.717) is 10.6 Å². The average Bonchev–Trinajstić information content (AvgIpc) is 2.68. The smallest absolute Gasteiger partial charge is 0.326 e. The summed E-state index contributed by atoms with van der Waals surface area (Å²) in [4.78, 5) is 39.2. The average molecular weight is 479 g/mol. The molecular weight excluding hydrogens is 464 g/mol. The van der Waals surface area contributed by atoms with E-state index in [4.69, 9.17) is 0 Å². The minimum atomic E-state index is -6.17. The number of nitro benzene ring substituents is 1. The maximum Gasteiger partial charge on any atom is 0.427 e. The number of non-ortho nitro benzene ring substituents is 1. The summed E-state index contributed by atoms with van der Waals surface area (Å²) in [7, 11) is 0. The first-order chi connectivity index (χ1) is 15.1. The van der Waals surface area contributed by atoms with Gasteiger partial charge in [-0.05, 0) is 5.92 Å². The number of alkyl halides is 6. The van der Waals surface area contributed by atoms with Gasteiger partial charge in [-0.3, -0.25) is 24.5 Å². The number of nitro groups is 1. The lowest BCUT2D eigenvalue weighted by Crippen LogP contribution is -2.59.